The lowest BCUT2D eigenvalue weighted by Gasteiger charge is -2.14. The first-order valence-electron chi connectivity index (χ1n) is 10.7. The van der Waals surface area contributed by atoms with Gasteiger partial charge in [-0.1, -0.05) is 39.7 Å². The van der Waals surface area contributed by atoms with Crippen molar-refractivity contribution in [3.05, 3.63) is 97.2 Å². The molecule has 0 aliphatic rings. The summed E-state index contributed by atoms with van der Waals surface area (Å²) in [5, 5.41) is 16.0. The topological polar surface area (TPSA) is 116 Å². The van der Waals surface area contributed by atoms with E-state index in [0.717, 1.165) is 9.86 Å². The van der Waals surface area contributed by atoms with E-state index in [9.17, 15) is 14.9 Å². The molecular formula is C25H19BrClN3O6. The Labute approximate surface area is 218 Å². The van der Waals surface area contributed by atoms with E-state index in [2.05, 4.69) is 26.5 Å². The van der Waals surface area contributed by atoms with Gasteiger partial charge in [0.2, 0.25) is 0 Å². The van der Waals surface area contributed by atoms with Crippen LogP contribution in [0, 0.1) is 10.1 Å². The highest BCUT2D eigenvalue weighted by Crippen LogP contribution is 2.37. The van der Waals surface area contributed by atoms with Crippen LogP contribution in [0.15, 0.2) is 74.7 Å². The SMILES string of the molecule is CCOc1cc(/C=N/NC(=O)c2cc3cc(Br)ccc3o2)cc(Cl)c1OCc1cccc([N+](=O)[O-])c1. The number of hydrogen-bond donors (Lipinski definition) is 1. The number of nitro groups is 1. The number of amides is 1. The number of benzene rings is 3. The van der Waals surface area contributed by atoms with Crippen LogP contribution in [0.5, 0.6) is 11.5 Å². The van der Waals surface area contributed by atoms with Crippen molar-refractivity contribution in [3.63, 3.8) is 0 Å². The summed E-state index contributed by atoms with van der Waals surface area (Å²) in [5.41, 5.74) is 4.14. The van der Waals surface area contributed by atoms with E-state index in [0.29, 0.717) is 34.8 Å². The van der Waals surface area contributed by atoms with E-state index in [1.807, 2.05) is 19.1 Å². The molecule has 0 spiro atoms. The van der Waals surface area contributed by atoms with Gasteiger partial charge >= 0.3 is 5.91 Å². The number of carbonyl (C=O) groups excluding carboxylic acids is 1. The molecule has 0 bridgehead atoms. The molecule has 0 saturated carbocycles. The number of nitrogens with one attached hydrogen (secondary N) is 1. The third kappa shape index (κ3) is 6.02. The molecular weight excluding hydrogens is 554 g/mol. The lowest BCUT2D eigenvalue weighted by atomic mass is 10.2. The quantitative estimate of drug-likeness (QED) is 0.139. The smallest absolute Gasteiger partial charge is 0.307 e. The second-order valence-electron chi connectivity index (χ2n) is 7.47. The first kappa shape index (κ1) is 25.2. The number of halogens is 2. The molecule has 1 heterocycles. The number of nitro benzene ring substituents is 1. The van der Waals surface area contributed by atoms with Gasteiger partial charge in [-0.2, -0.15) is 5.10 Å². The number of furan rings is 1. The standard InChI is InChI=1S/C25H19BrClN3O6/c1-2-34-22-10-16(9-20(27)24(22)35-14-15-4-3-5-19(8-15)30(32)33)13-28-29-25(31)23-12-17-11-18(26)6-7-21(17)36-23/h3-13H,2,14H2,1H3,(H,29,31)/b28-13+. The van der Waals surface area contributed by atoms with Gasteiger partial charge in [-0.15, -0.1) is 0 Å². The van der Waals surface area contributed by atoms with Crippen molar-refractivity contribution < 1.29 is 23.6 Å². The Hall–Kier alpha value is -3.89. The van der Waals surface area contributed by atoms with Gasteiger partial charge in [0, 0.05) is 22.0 Å². The molecule has 0 aliphatic carbocycles. The summed E-state index contributed by atoms with van der Waals surface area (Å²) in [4.78, 5) is 23.0. The number of ether oxygens (including phenoxy) is 2. The van der Waals surface area contributed by atoms with Gasteiger partial charge in [0.05, 0.1) is 22.8 Å². The molecule has 3 aromatic carbocycles. The van der Waals surface area contributed by atoms with Gasteiger partial charge in [0.25, 0.3) is 5.69 Å². The highest BCUT2D eigenvalue weighted by Gasteiger charge is 2.15. The highest BCUT2D eigenvalue weighted by molar-refractivity contribution is 9.10. The molecule has 0 atom stereocenters. The monoisotopic (exact) mass is 571 g/mol. The van der Waals surface area contributed by atoms with Crippen LogP contribution >= 0.6 is 27.5 Å². The summed E-state index contributed by atoms with van der Waals surface area (Å²) in [6.07, 6.45) is 1.41. The molecule has 0 saturated heterocycles. The lowest BCUT2D eigenvalue weighted by Crippen LogP contribution is -2.16. The molecule has 36 heavy (non-hydrogen) atoms. The molecule has 0 aliphatic heterocycles. The van der Waals surface area contributed by atoms with Gasteiger partial charge in [-0.3, -0.25) is 14.9 Å². The van der Waals surface area contributed by atoms with Crippen LogP contribution in [0.2, 0.25) is 5.02 Å². The fraction of sp³-hybridized carbons (Fsp3) is 0.120. The number of hydrogen-bond acceptors (Lipinski definition) is 7. The summed E-state index contributed by atoms with van der Waals surface area (Å²) in [5.74, 6) is 0.274. The third-order valence-corrected chi connectivity index (χ3v) is 5.69. The molecule has 4 aromatic rings. The number of fused-ring (bicyclic) bond motifs is 1. The Morgan fingerprint density at radius 3 is 2.81 bits per heavy atom. The van der Waals surface area contributed by atoms with Crippen molar-refractivity contribution in [1.29, 1.82) is 0 Å². The molecule has 0 radical (unpaired) electrons. The van der Waals surface area contributed by atoms with E-state index < -0.39 is 10.8 Å². The molecule has 11 heteroatoms. The van der Waals surface area contributed by atoms with Crippen LogP contribution in [0.25, 0.3) is 11.0 Å². The summed E-state index contributed by atoms with van der Waals surface area (Å²) in [6.45, 7) is 2.22. The van der Waals surface area contributed by atoms with Gasteiger partial charge < -0.3 is 13.9 Å². The van der Waals surface area contributed by atoms with E-state index >= 15 is 0 Å². The number of carbonyl (C=O) groups is 1. The minimum Gasteiger partial charge on any atom is -0.490 e. The fourth-order valence-corrected chi connectivity index (χ4v) is 3.98. The minimum absolute atomic E-state index is 0.0312. The van der Waals surface area contributed by atoms with Gasteiger partial charge in [-0.05, 0) is 54.4 Å². The van der Waals surface area contributed by atoms with Crippen LogP contribution in [-0.2, 0) is 6.61 Å². The average molecular weight is 573 g/mol. The van der Waals surface area contributed by atoms with Crippen molar-refractivity contribution in [3.8, 4) is 11.5 Å². The first-order chi connectivity index (χ1) is 17.3. The molecule has 184 valence electrons. The Bertz CT molecular complexity index is 1470. The van der Waals surface area contributed by atoms with Gasteiger partial charge in [0.1, 0.15) is 12.2 Å². The minimum atomic E-state index is -0.508. The molecule has 9 nitrogen and oxygen atoms in total. The van der Waals surface area contributed by atoms with E-state index in [4.69, 9.17) is 25.5 Å². The summed E-state index contributed by atoms with van der Waals surface area (Å²) in [6, 6.07) is 16.4. The number of rotatable bonds is 9. The Morgan fingerprint density at radius 1 is 1.19 bits per heavy atom. The second-order valence-corrected chi connectivity index (χ2v) is 8.79. The van der Waals surface area contributed by atoms with Crippen molar-refractivity contribution >= 4 is 56.3 Å². The van der Waals surface area contributed by atoms with Gasteiger partial charge in [-0.25, -0.2) is 5.43 Å². The summed E-state index contributed by atoms with van der Waals surface area (Å²) >= 11 is 9.82. The van der Waals surface area contributed by atoms with Crippen molar-refractivity contribution in [2.45, 2.75) is 13.5 Å². The predicted octanol–water partition coefficient (Wildman–Crippen LogP) is 6.50. The maximum Gasteiger partial charge on any atom is 0.307 e. The molecule has 1 aromatic heterocycles. The van der Waals surface area contributed by atoms with Crippen molar-refractivity contribution in [2.24, 2.45) is 5.10 Å². The molecule has 0 fully saturated rings. The van der Waals surface area contributed by atoms with Crippen LogP contribution in [0.4, 0.5) is 5.69 Å². The maximum atomic E-state index is 12.4. The molecule has 1 N–H and O–H groups in total. The van der Waals surface area contributed by atoms with Gasteiger partial charge in [0.15, 0.2) is 17.3 Å². The van der Waals surface area contributed by atoms with Crippen molar-refractivity contribution in [1.82, 2.24) is 5.43 Å². The zero-order chi connectivity index (χ0) is 25.7. The summed E-state index contributed by atoms with van der Waals surface area (Å²) < 4.78 is 17.9. The van der Waals surface area contributed by atoms with Crippen molar-refractivity contribution in [2.75, 3.05) is 6.61 Å². The normalized spacial score (nSPS) is 11.1. The van der Waals surface area contributed by atoms with Crippen LogP contribution in [-0.4, -0.2) is 23.7 Å². The second kappa shape index (κ2) is 11.2. The van der Waals surface area contributed by atoms with E-state index in [1.54, 1.807) is 36.4 Å². The van der Waals surface area contributed by atoms with E-state index in [-0.39, 0.29) is 23.1 Å². The zero-order valence-electron chi connectivity index (χ0n) is 18.9. The largest absolute Gasteiger partial charge is 0.490 e. The average Bonchev–Trinajstić information content (AvgIpc) is 3.27. The third-order valence-electron chi connectivity index (χ3n) is 4.92. The molecule has 1 amide bonds. The molecule has 0 unspecified atom stereocenters. The predicted molar refractivity (Wildman–Crippen MR) is 139 cm³/mol. The number of nitrogens with zero attached hydrogens (tertiary/aromatic N) is 2. The van der Waals surface area contributed by atoms with Crippen LogP contribution in [0.3, 0.4) is 0 Å². The van der Waals surface area contributed by atoms with Crippen LogP contribution < -0.4 is 14.9 Å². The van der Waals surface area contributed by atoms with E-state index in [1.165, 1.54) is 18.3 Å². The highest BCUT2D eigenvalue weighted by atomic mass is 79.9. The molecule has 4 rings (SSSR count). The Balaban J connectivity index is 1.47. The first-order valence-corrected chi connectivity index (χ1v) is 11.9. The summed E-state index contributed by atoms with van der Waals surface area (Å²) in [7, 11) is 0. The maximum absolute atomic E-state index is 12.4. The number of non-ortho nitro benzene ring substituents is 1. The number of hydrazone groups is 1. The van der Waals surface area contributed by atoms with Crippen LogP contribution in [0.1, 0.15) is 28.6 Å². The zero-order valence-corrected chi connectivity index (χ0v) is 21.2. The Morgan fingerprint density at radius 2 is 2.03 bits per heavy atom. The Kier molecular flexibility index (Phi) is 7.87. The lowest BCUT2D eigenvalue weighted by molar-refractivity contribution is -0.384. The fourth-order valence-electron chi connectivity index (χ4n) is 3.33.